The zero-order valence-electron chi connectivity index (χ0n) is 11.6. The molecular formula is C18H13F2NO. The second-order valence-electron chi connectivity index (χ2n) is 4.81. The molecule has 2 nitrogen and oxygen atoms in total. The third kappa shape index (κ3) is 2.91. The molecule has 0 aromatic heterocycles. The van der Waals surface area contributed by atoms with Gasteiger partial charge in [-0.1, -0.05) is 6.07 Å². The van der Waals surface area contributed by atoms with Crippen molar-refractivity contribution in [1.29, 1.82) is 0 Å². The van der Waals surface area contributed by atoms with Gasteiger partial charge >= 0.3 is 0 Å². The summed E-state index contributed by atoms with van der Waals surface area (Å²) in [6.45, 7) is 0. The lowest BCUT2D eigenvalue weighted by Crippen LogP contribution is -2.09. The van der Waals surface area contributed by atoms with Crippen LogP contribution in [-0.4, -0.2) is 5.11 Å². The smallest absolute Gasteiger partial charge is 0.123 e. The molecule has 22 heavy (non-hydrogen) atoms. The molecule has 0 bridgehead atoms. The molecule has 0 aliphatic rings. The fraction of sp³-hybridized carbons (Fsp3) is 0. The molecule has 0 radical (unpaired) electrons. The normalized spacial score (nSPS) is 10.5. The summed E-state index contributed by atoms with van der Waals surface area (Å²) in [4.78, 5) is 1.80. The van der Waals surface area contributed by atoms with Gasteiger partial charge in [-0.25, -0.2) is 8.78 Å². The van der Waals surface area contributed by atoms with Crippen LogP contribution in [0.15, 0.2) is 72.8 Å². The maximum Gasteiger partial charge on any atom is 0.123 e. The summed E-state index contributed by atoms with van der Waals surface area (Å²) >= 11 is 0. The largest absolute Gasteiger partial charge is 0.508 e. The minimum atomic E-state index is -0.335. The number of anilines is 3. The Morgan fingerprint density at radius 1 is 0.636 bits per heavy atom. The summed E-state index contributed by atoms with van der Waals surface area (Å²) in [5.41, 5.74) is 2.11. The van der Waals surface area contributed by atoms with Crippen molar-refractivity contribution >= 4 is 17.1 Å². The molecule has 0 saturated carbocycles. The fourth-order valence-corrected chi connectivity index (χ4v) is 2.26. The van der Waals surface area contributed by atoms with Gasteiger partial charge in [-0.05, 0) is 60.7 Å². The highest BCUT2D eigenvalue weighted by Gasteiger charge is 2.13. The van der Waals surface area contributed by atoms with Gasteiger partial charge in [0.15, 0.2) is 0 Å². The number of rotatable bonds is 3. The predicted molar refractivity (Wildman–Crippen MR) is 82.7 cm³/mol. The molecule has 3 aromatic rings. The topological polar surface area (TPSA) is 23.5 Å². The highest BCUT2D eigenvalue weighted by Crippen LogP contribution is 2.35. The molecular weight excluding hydrogens is 284 g/mol. The number of hydrogen-bond acceptors (Lipinski definition) is 2. The van der Waals surface area contributed by atoms with Gasteiger partial charge in [-0.3, -0.25) is 0 Å². The van der Waals surface area contributed by atoms with Crippen LogP contribution in [0.2, 0.25) is 0 Å². The highest BCUT2D eigenvalue weighted by molar-refractivity contribution is 5.76. The summed E-state index contributed by atoms with van der Waals surface area (Å²) in [6, 6.07) is 18.6. The monoisotopic (exact) mass is 297 g/mol. The van der Waals surface area contributed by atoms with Crippen molar-refractivity contribution in [1.82, 2.24) is 0 Å². The Kier molecular flexibility index (Phi) is 3.74. The number of halogens is 2. The van der Waals surface area contributed by atoms with Gasteiger partial charge in [0.05, 0.1) is 0 Å². The molecule has 1 N–H and O–H groups in total. The Balaban J connectivity index is 2.13. The fourth-order valence-electron chi connectivity index (χ4n) is 2.26. The van der Waals surface area contributed by atoms with Crippen LogP contribution in [0.1, 0.15) is 0 Å². The van der Waals surface area contributed by atoms with Crippen LogP contribution >= 0.6 is 0 Å². The molecule has 0 heterocycles. The first-order chi connectivity index (χ1) is 10.6. The summed E-state index contributed by atoms with van der Waals surface area (Å²) in [5.74, 6) is -0.552. The number of phenolic OH excluding ortho intramolecular Hbond substituents is 1. The van der Waals surface area contributed by atoms with Crippen LogP contribution in [0.25, 0.3) is 0 Å². The van der Waals surface area contributed by atoms with E-state index in [0.29, 0.717) is 17.1 Å². The third-order valence-corrected chi connectivity index (χ3v) is 3.26. The first-order valence-corrected chi connectivity index (χ1v) is 6.74. The van der Waals surface area contributed by atoms with E-state index >= 15 is 0 Å². The van der Waals surface area contributed by atoms with Crippen LogP contribution in [-0.2, 0) is 0 Å². The van der Waals surface area contributed by atoms with E-state index in [4.69, 9.17) is 0 Å². The van der Waals surface area contributed by atoms with Crippen molar-refractivity contribution in [3.8, 4) is 5.75 Å². The first kappa shape index (κ1) is 14.1. The van der Waals surface area contributed by atoms with Gasteiger partial charge in [0.25, 0.3) is 0 Å². The van der Waals surface area contributed by atoms with E-state index in [-0.39, 0.29) is 17.4 Å². The molecule has 0 atom stereocenters. The van der Waals surface area contributed by atoms with Crippen LogP contribution in [0.3, 0.4) is 0 Å². The quantitative estimate of drug-likeness (QED) is 0.723. The van der Waals surface area contributed by atoms with Gasteiger partial charge in [0.1, 0.15) is 17.4 Å². The average molecular weight is 297 g/mol. The predicted octanol–water partition coefficient (Wildman–Crippen LogP) is 5.14. The van der Waals surface area contributed by atoms with Crippen LogP contribution in [0.4, 0.5) is 25.8 Å². The Morgan fingerprint density at radius 2 is 1.14 bits per heavy atom. The van der Waals surface area contributed by atoms with Crippen molar-refractivity contribution in [2.75, 3.05) is 4.90 Å². The molecule has 0 spiro atoms. The van der Waals surface area contributed by atoms with E-state index in [0.717, 1.165) is 0 Å². The number of hydrogen-bond donors (Lipinski definition) is 1. The standard InChI is InChI=1S/C18H13F2NO/c19-13-4-8-15(9-5-13)21(16-10-6-14(20)7-11-16)17-2-1-3-18(22)12-17/h1-12,22H. The Bertz CT molecular complexity index is 724. The van der Waals surface area contributed by atoms with E-state index in [2.05, 4.69) is 0 Å². The van der Waals surface area contributed by atoms with E-state index in [1.807, 2.05) is 6.07 Å². The molecule has 0 fully saturated rings. The summed E-state index contributed by atoms with van der Waals surface area (Å²) in [7, 11) is 0. The minimum absolute atomic E-state index is 0.117. The second-order valence-corrected chi connectivity index (χ2v) is 4.81. The van der Waals surface area contributed by atoms with Gasteiger partial charge in [-0.15, -0.1) is 0 Å². The van der Waals surface area contributed by atoms with Crippen LogP contribution < -0.4 is 4.90 Å². The first-order valence-electron chi connectivity index (χ1n) is 6.74. The zero-order chi connectivity index (χ0) is 15.5. The minimum Gasteiger partial charge on any atom is -0.508 e. The molecule has 0 amide bonds. The number of aromatic hydroxyl groups is 1. The number of benzene rings is 3. The number of phenols is 1. The maximum atomic E-state index is 13.2. The zero-order valence-corrected chi connectivity index (χ0v) is 11.6. The molecule has 3 aromatic carbocycles. The summed E-state index contributed by atoms with van der Waals surface area (Å²) in [6.07, 6.45) is 0. The molecule has 0 aliphatic heterocycles. The summed E-state index contributed by atoms with van der Waals surface area (Å²) < 4.78 is 26.3. The lowest BCUT2D eigenvalue weighted by Gasteiger charge is -2.25. The summed E-state index contributed by atoms with van der Waals surface area (Å²) in [5, 5.41) is 9.70. The van der Waals surface area contributed by atoms with Gasteiger partial charge in [0, 0.05) is 23.1 Å². The lowest BCUT2D eigenvalue weighted by atomic mass is 10.2. The second kappa shape index (κ2) is 5.85. The molecule has 0 saturated heterocycles. The number of nitrogens with zero attached hydrogens (tertiary/aromatic N) is 1. The van der Waals surface area contributed by atoms with Crippen molar-refractivity contribution in [3.05, 3.63) is 84.4 Å². The van der Waals surface area contributed by atoms with Crippen molar-refractivity contribution < 1.29 is 13.9 Å². The molecule has 0 unspecified atom stereocenters. The molecule has 110 valence electrons. The SMILES string of the molecule is Oc1cccc(N(c2ccc(F)cc2)c2ccc(F)cc2)c1. The average Bonchev–Trinajstić information content (AvgIpc) is 2.51. The Labute approximate surface area is 126 Å². The van der Waals surface area contributed by atoms with Crippen LogP contribution in [0.5, 0.6) is 5.75 Å². The Morgan fingerprint density at radius 3 is 1.59 bits per heavy atom. The van der Waals surface area contributed by atoms with Gasteiger partial charge in [0.2, 0.25) is 0 Å². The van der Waals surface area contributed by atoms with Crippen LogP contribution in [0, 0.1) is 11.6 Å². The lowest BCUT2D eigenvalue weighted by molar-refractivity contribution is 0.475. The molecule has 4 heteroatoms. The van der Waals surface area contributed by atoms with E-state index < -0.39 is 0 Å². The maximum absolute atomic E-state index is 13.2. The van der Waals surface area contributed by atoms with Crippen molar-refractivity contribution in [2.24, 2.45) is 0 Å². The third-order valence-electron chi connectivity index (χ3n) is 3.26. The molecule has 3 rings (SSSR count). The van der Waals surface area contributed by atoms with Crippen molar-refractivity contribution in [2.45, 2.75) is 0 Å². The van der Waals surface area contributed by atoms with Gasteiger partial charge in [-0.2, -0.15) is 0 Å². The molecule has 0 aliphatic carbocycles. The Hall–Kier alpha value is -2.88. The van der Waals surface area contributed by atoms with E-state index in [1.165, 1.54) is 24.3 Å². The highest BCUT2D eigenvalue weighted by atomic mass is 19.1. The van der Waals surface area contributed by atoms with Gasteiger partial charge < -0.3 is 10.0 Å². The van der Waals surface area contributed by atoms with E-state index in [1.54, 1.807) is 47.4 Å². The van der Waals surface area contributed by atoms with E-state index in [9.17, 15) is 13.9 Å². The van der Waals surface area contributed by atoms with Crippen molar-refractivity contribution in [3.63, 3.8) is 0 Å².